The van der Waals surface area contributed by atoms with Crippen molar-refractivity contribution in [3.8, 4) is 0 Å². The zero-order valence-corrected chi connectivity index (χ0v) is 27.2. The lowest BCUT2D eigenvalue weighted by molar-refractivity contribution is -0.119. The van der Waals surface area contributed by atoms with Gasteiger partial charge < -0.3 is 14.5 Å². The Kier molecular flexibility index (Phi) is 5.08. The van der Waals surface area contributed by atoms with E-state index >= 15 is 0 Å². The number of hydrogen-bond donors (Lipinski definition) is 0. The molecule has 6 fully saturated rings. The van der Waals surface area contributed by atoms with Gasteiger partial charge in [0.25, 0.3) is 0 Å². The molecule has 4 saturated heterocycles. The zero-order chi connectivity index (χ0) is 30.7. The molecule has 4 bridgehead atoms. The fourth-order valence-electron chi connectivity index (χ4n) is 13.4. The van der Waals surface area contributed by atoms with Crippen molar-refractivity contribution in [1.82, 2.24) is 9.80 Å². The second-order valence-electron chi connectivity index (χ2n) is 15.8. The third-order valence-electron chi connectivity index (χ3n) is 14.8. The van der Waals surface area contributed by atoms with E-state index in [-0.39, 0.29) is 34.9 Å². The molecule has 236 valence electrons. The highest BCUT2D eigenvalue weighted by molar-refractivity contribution is 5.96. The number of anilines is 2. The molecule has 6 heteroatoms. The smallest absolute Gasteiger partial charge is 0.224 e. The summed E-state index contributed by atoms with van der Waals surface area (Å²) in [5.74, 6) is 1.15. The Balaban J connectivity index is 1.16. The number of benzene rings is 2. The summed E-state index contributed by atoms with van der Waals surface area (Å²) in [5.41, 5.74) is 10.1. The standard InChI is InChI=1S/C40H44N4O2/c1-4-24-20-41-16-14-39-30-11-7-9-13-32(30)44-36(39)28(26(24)18-33(39)41)22-46-38(44)35-27-19-34-40(15-17-42(34)21-25(27)5-2)29-10-6-8-12-31(29)43(23(3)45)37(35)40/h4-13,22,26-27,33-38H,14-21H2,1-3H3/t26-,27-,33-,34-,35+,36-,37-,38?,39+,40+/m0/s1. The lowest BCUT2D eigenvalue weighted by Crippen LogP contribution is -2.71. The molecule has 7 heterocycles. The van der Waals surface area contributed by atoms with Gasteiger partial charge in [0.15, 0.2) is 6.23 Å². The van der Waals surface area contributed by atoms with Crippen molar-refractivity contribution in [2.75, 3.05) is 36.0 Å². The number of carbonyl (C=O) groups is 1. The summed E-state index contributed by atoms with van der Waals surface area (Å²) in [4.78, 5) is 24.5. The van der Waals surface area contributed by atoms with Crippen molar-refractivity contribution in [3.05, 3.63) is 94.8 Å². The van der Waals surface area contributed by atoms with Crippen LogP contribution in [0.4, 0.5) is 11.4 Å². The highest BCUT2D eigenvalue weighted by Crippen LogP contribution is 2.68. The van der Waals surface area contributed by atoms with Crippen LogP contribution in [0.3, 0.4) is 0 Å². The highest BCUT2D eigenvalue weighted by Gasteiger charge is 2.73. The monoisotopic (exact) mass is 612 g/mol. The van der Waals surface area contributed by atoms with E-state index in [2.05, 4.69) is 100 Å². The first-order valence-corrected chi connectivity index (χ1v) is 17.9. The maximum atomic E-state index is 13.9. The van der Waals surface area contributed by atoms with E-state index in [0.717, 1.165) is 44.7 Å². The van der Waals surface area contributed by atoms with Gasteiger partial charge in [0.1, 0.15) is 0 Å². The summed E-state index contributed by atoms with van der Waals surface area (Å²) in [6.45, 7) is 10.7. The van der Waals surface area contributed by atoms with Crippen LogP contribution in [-0.4, -0.2) is 72.3 Å². The molecule has 11 rings (SSSR count). The van der Waals surface area contributed by atoms with Crippen LogP contribution in [0.25, 0.3) is 0 Å². The SMILES string of the molecule is CC=C1CN2CC[C@@]34c5ccccc5N5C([C@H]6[C@@H]7N(C(C)=O)c8ccccc8[C@@]78CCN7CC(=CC)[C@@H]6C[C@H]78)OC=C([C@H]1C[C@H]23)[C@H]54. The number of ether oxygens (including phenoxy) is 1. The van der Waals surface area contributed by atoms with E-state index in [1.807, 2.05) is 0 Å². The molecule has 6 nitrogen and oxygen atoms in total. The first-order chi connectivity index (χ1) is 22.5. The van der Waals surface area contributed by atoms with Crippen LogP contribution in [0.1, 0.15) is 57.6 Å². The second kappa shape index (κ2) is 8.76. The Bertz CT molecular complexity index is 1810. The number of rotatable bonds is 1. The summed E-state index contributed by atoms with van der Waals surface area (Å²) >= 11 is 0. The molecule has 1 unspecified atom stereocenters. The normalized spacial score (nSPS) is 44.1. The van der Waals surface area contributed by atoms with Gasteiger partial charge in [-0.25, -0.2) is 0 Å². The quantitative estimate of drug-likeness (QED) is 0.384. The van der Waals surface area contributed by atoms with Gasteiger partial charge in [-0.05, 0) is 87.4 Å². The topological polar surface area (TPSA) is 39.3 Å². The predicted molar refractivity (Wildman–Crippen MR) is 180 cm³/mol. The van der Waals surface area contributed by atoms with Crippen molar-refractivity contribution in [1.29, 1.82) is 0 Å². The largest absolute Gasteiger partial charge is 0.478 e. The minimum atomic E-state index is -0.137. The third kappa shape index (κ3) is 2.78. The fraction of sp³-hybridized carbons (Fsp3) is 0.525. The Labute approximate surface area is 272 Å². The molecular weight excluding hydrogens is 568 g/mol. The lowest BCUT2D eigenvalue weighted by atomic mass is 9.54. The average Bonchev–Trinajstić information content (AvgIpc) is 3.83. The second-order valence-corrected chi connectivity index (χ2v) is 15.8. The van der Waals surface area contributed by atoms with Gasteiger partial charge in [0.2, 0.25) is 5.91 Å². The van der Waals surface area contributed by atoms with Crippen LogP contribution >= 0.6 is 0 Å². The molecule has 2 aromatic carbocycles. The number of hydrogen-bond acceptors (Lipinski definition) is 5. The number of para-hydroxylation sites is 2. The van der Waals surface area contributed by atoms with Gasteiger partial charge in [0, 0.05) is 66.1 Å². The summed E-state index contributed by atoms with van der Waals surface area (Å²) in [5, 5.41) is 0. The molecule has 2 saturated carbocycles. The molecular formula is C40H44N4O2. The van der Waals surface area contributed by atoms with Gasteiger partial charge in [-0.3, -0.25) is 14.6 Å². The van der Waals surface area contributed by atoms with E-state index < -0.39 is 0 Å². The minimum Gasteiger partial charge on any atom is -0.478 e. The van der Waals surface area contributed by atoms with E-state index in [9.17, 15) is 4.79 Å². The number of fused-ring (bicyclic) bond motifs is 6. The Hall–Kier alpha value is -3.35. The molecule has 9 aliphatic rings. The Morgan fingerprint density at radius 2 is 1.50 bits per heavy atom. The van der Waals surface area contributed by atoms with Crippen molar-refractivity contribution in [2.24, 2.45) is 17.8 Å². The van der Waals surface area contributed by atoms with Gasteiger partial charge in [-0.1, -0.05) is 59.7 Å². The van der Waals surface area contributed by atoms with Crippen LogP contribution in [0.5, 0.6) is 0 Å². The first kappa shape index (κ1) is 26.7. The van der Waals surface area contributed by atoms with Gasteiger partial charge in [-0.2, -0.15) is 0 Å². The van der Waals surface area contributed by atoms with Crippen LogP contribution in [-0.2, 0) is 20.4 Å². The highest BCUT2D eigenvalue weighted by atomic mass is 16.5. The lowest BCUT2D eigenvalue weighted by Gasteiger charge is -2.61. The average molecular weight is 613 g/mol. The zero-order valence-electron chi connectivity index (χ0n) is 27.2. The minimum absolute atomic E-state index is 0.0596. The molecule has 10 atom stereocenters. The molecule has 46 heavy (non-hydrogen) atoms. The van der Waals surface area contributed by atoms with E-state index in [4.69, 9.17) is 4.74 Å². The van der Waals surface area contributed by atoms with Crippen LogP contribution in [0, 0.1) is 17.8 Å². The maximum Gasteiger partial charge on any atom is 0.224 e. The molecule has 1 amide bonds. The molecule has 2 aromatic rings. The molecule has 7 aliphatic heterocycles. The van der Waals surface area contributed by atoms with E-state index in [1.54, 1.807) is 23.6 Å². The number of carbonyl (C=O) groups excluding carboxylic acids is 1. The molecule has 2 spiro atoms. The van der Waals surface area contributed by atoms with Crippen molar-refractivity contribution in [3.63, 3.8) is 0 Å². The third-order valence-corrected chi connectivity index (χ3v) is 14.8. The van der Waals surface area contributed by atoms with Gasteiger partial charge >= 0.3 is 0 Å². The Morgan fingerprint density at radius 3 is 2.24 bits per heavy atom. The summed E-state index contributed by atoms with van der Waals surface area (Å²) in [6.07, 6.45) is 11.6. The van der Waals surface area contributed by atoms with Gasteiger partial charge in [-0.15, -0.1) is 0 Å². The van der Waals surface area contributed by atoms with Crippen LogP contribution in [0.2, 0.25) is 0 Å². The molecule has 0 N–H and O–H groups in total. The summed E-state index contributed by atoms with van der Waals surface area (Å²) in [7, 11) is 0. The number of nitrogens with zero attached hydrogens (tertiary/aromatic N) is 4. The van der Waals surface area contributed by atoms with Crippen molar-refractivity contribution in [2.45, 2.75) is 87.7 Å². The van der Waals surface area contributed by atoms with Crippen LogP contribution < -0.4 is 9.80 Å². The molecule has 2 aliphatic carbocycles. The summed E-state index contributed by atoms with van der Waals surface area (Å²) in [6, 6.07) is 19.7. The van der Waals surface area contributed by atoms with Gasteiger partial charge in [0.05, 0.1) is 18.3 Å². The number of amides is 1. The molecule has 0 radical (unpaired) electrons. The van der Waals surface area contributed by atoms with E-state index in [1.165, 1.54) is 29.7 Å². The summed E-state index contributed by atoms with van der Waals surface area (Å²) < 4.78 is 7.33. The number of allylic oxidation sites excluding steroid dienone is 2. The van der Waals surface area contributed by atoms with E-state index in [0.29, 0.717) is 30.0 Å². The van der Waals surface area contributed by atoms with Crippen LogP contribution in [0.15, 0.2) is 83.7 Å². The van der Waals surface area contributed by atoms with Crippen molar-refractivity contribution >= 4 is 17.3 Å². The predicted octanol–water partition coefficient (Wildman–Crippen LogP) is 5.75. The van der Waals surface area contributed by atoms with Crippen molar-refractivity contribution < 1.29 is 9.53 Å². The first-order valence-electron chi connectivity index (χ1n) is 17.9. The number of piperidine rings is 2. The Morgan fingerprint density at radius 1 is 0.848 bits per heavy atom. The fourth-order valence-corrected chi connectivity index (χ4v) is 13.4. The maximum absolute atomic E-state index is 13.9. The molecule has 0 aromatic heterocycles.